The van der Waals surface area contributed by atoms with E-state index in [1.54, 1.807) is 0 Å². The van der Waals surface area contributed by atoms with Gasteiger partial charge in [-0.3, -0.25) is 4.79 Å². The number of hydrogen-bond acceptors (Lipinski definition) is 2. The first kappa shape index (κ1) is 12.4. The molecule has 0 radical (unpaired) electrons. The van der Waals surface area contributed by atoms with Crippen LogP contribution in [0.3, 0.4) is 0 Å². The molecule has 3 rings (SSSR count). The molecule has 3 aliphatic carbocycles. The Morgan fingerprint density at radius 3 is 2.50 bits per heavy atom. The van der Waals surface area contributed by atoms with E-state index in [0.717, 1.165) is 49.5 Å². The minimum Gasteiger partial charge on any atom is -0.393 e. The number of carbonyl (C=O) groups excluding carboxylic acids is 1. The molecule has 0 aromatic heterocycles. The summed E-state index contributed by atoms with van der Waals surface area (Å²) in [5.74, 6) is 3.94. The van der Waals surface area contributed by atoms with Crippen molar-refractivity contribution in [2.45, 2.75) is 38.5 Å². The lowest BCUT2D eigenvalue weighted by Crippen LogP contribution is -2.28. The number of rotatable bonds is 6. The summed E-state index contributed by atoms with van der Waals surface area (Å²) in [5, 5.41) is 3.09. The van der Waals surface area contributed by atoms with Crippen molar-refractivity contribution >= 4 is 23.1 Å². The summed E-state index contributed by atoms with van der Waals surface area (Å²) in [7, 11) is 0. The maximum atomic E-state index is 12.1. The molecule has 0 aliphatic heterocycles. The Balaban J connectivity index is 1.35. The molecule has 3 fully saturated rings. The largest absolute Gasteiger partial charge is 0.393 e. The Morgan fingerprint density at radius 2 is 1.89 bits per heavy atom. The number of hydrogen-bond donors (Lipinski definition) is 2. The van der Waals surface area contributed by atoms with Gasteiger partial charge in [0.2, 0.25) is 5.91 Å². The SMILES string of the molecule is NC(=S)CCCCNC(=O)C1C2C3CCC(C3)C12. The molecular formula is C14H22N2OS. The fourth-order valence-electron chi connectivity index (χ4n) is 4.43. The van der Waals surface area contributed by atoms with Crippen LogP contribution >= 0.6 is 12.2 Å². The number of nitrogens with one attached hydrogen (secondary N) is 1. The van der Waals surface area contributed by atoms with E-state index in [2.05, 4.69) is 5.32 Å². The highest BCUT2D eigenvalue weighted by Crippen LogP contribution is 2.69. The van der Waals surface area contributed by atoms with E-state index >= 15 is 0 Å². The lowest BCUT2D eigenvalue weighted by atomic mass is 10.0. The second kappa shape index (κ2) is 4.80. The molecule has 0 heterocycles. The first-order valence-corrected chi connectivity index (χ1v) is 7.65. The van der Waals surface area contributed by atoms with Crippen LogP contribution in [0, 0.1) is 29.6 Å². The van der Waals surface area contributed by atoms with Gasteiger partial charge in [0.15, 0.2) is 0 Å². The highest BCUT2D eigenvalue weighted by molar-refractivity contribution is 7.80. The number of thiocarbonyl (C=S) groups is 1. The van der Waals surface area contributed by atoms with Crippen LogP contribution in [0.2, 0.25) is 0 Å². The zero-order valence-electron chi connectivity index (χ0n) is 10.7. The van der Waals surface area contributed by atoms with Gasteiger partial charge in [0, 0.05) is 12.5 Å². The Morgan fingerprint density at radius 1 is 1.22 bits per heavy atom. The quantitative estimate of drug-likeness (QED) is 0.570. The molecule has 0 spiro atoms. The monoisotopic (exact) mass is 266 g/mol. The summed E-state index contributed by atoms with van der Waals surface area (Å²) in [5.41, 5.74) is 5.44. The second-order valence-electron chi connectivity index (χ2n) is 6.23. The van der Waals surface area contributed by atoms with Crippen LogP contribution in [-0.2, 0) is 4.79 Å². The van der Waals surface area contributed by atoms with Crippen LogP contribution in [0.4, 0.5) is 0 Å². The molecular weight excluding hydrogens is 244 g/mol. The molecule has 0 saturated heterocycles. The van der Waals surface area contributed by atoms with Crippen molar-refractivity contribution in [2.75, 3.05) is 6.54 Å². The van der Waals surface area contributed by atoms with Gasteiger partial charge < -0.3 is 11.1 Å². The summed E-state index contributed by atoms with van der Waals surface area (Å²) in [6.07, 6.45) is 6.93. The number of fused-ring (bicyclic) bond motifs is 5. The van der Waals surface area contributed by atoms with Gasteiger partial charge in [-0.05, 0) is 62.2 Å². The van der Waals surface area contributed by atoms with Crippen molar-refractivity contribution in [2.24, 2.45) is 35.3 Å². The first-order valence-electron chi connectivity index (χ1n) is 7.24. The van der Waals surface area contributed by atoms with Crippen molar-refractivity contribution < 1.29 is 4.79 Å². The first-order chi connectivity index (χ1) is 8.68. The fraction of sp³-hybridized carbons (Fsp3) is 0.857. The average molecular weight is 266 g/mol. The summed E-state index contributed by atoms with van der Waals surface area (Å²) in [6.45, 7) is 0.784. The third-order valence-corrected chi connectivity index (χ3v) is 5.39. The van der Waals surface area contributed by atoms with Crippen molar-refractivity contribution in [3.05, 3.63) is 0 Å². The van der Waals surface area contributed by atoms with E-state index < -0.39 is 0 Å². The maximum Gasteiger partial charge on any atom is 0.223 e. The Kier molecular flexibility index (Phi) is 3.31. The molecule has 4 unspecified atom stereocenters. The van der Waals surface area contributed by atoms with Crippen molar-refractivity contribution in [3.63, 3.8) is 0 Å². The molecule has 2 bridgehead atoms. The number of nitrogens with two attached hydrogens (primary N) is 1. The minimum atomic E-state index is 0.317. The van der Waals surface area contributed by atoms with Crippen LogP contribution in [0.5, 0.6) is 0 Å². The molecule has 3 saturated carbocycles. The summed E-state index contributed by atoms with van der Waals surface area (Å²) in [4.78, 5) is 12.7. The fourth-order valence-corrected chi connectivity index (χ4v) is 4.57. The van der Waals surface area contributed by atoms with Crippen LogP contribution < -0.4 is 11.1 Å². The van der Waals surface area contributed by atoms with E-state index in [9.17, 15) is 4.79 Å². The van der Waals surface area contributed by atoms with Gasteiger partial charge in [0.05, 0.1) is 4.99 Å². The van der Waals surface area contributed by atoms with Crippen LogP contribution in [-0.4, -0.2) is 17.4 Å². The van der Waals surface area contributed by atoms with Gasteiger partial charge in [-0.2, -0.15) is 0 Å². The Bertz CT molecular complexity index is 355. The molecule has 0 aromatic rings. The normalized spacial score (nSPS) is 39.4. The summed E-state index contributed by atoms with van der Waals surface area (Å²) >= 11 is 4.83. The molecule has 18 heavy (non-hydrogen) atoms. The van der Waals surface area contributed by atoms with Gasteiger partial charge in [-0.25, -0.2) is 0 Å². The highest BCUT2D eigenvalue weighted by Gasteiger charge is 2.67. The predicted molar refractivity (Wildman–Crippen MR) is 74.9 cm³/mol. The lowest BCUT2D eigenvalue weighted by Gasteiger charge is -2.09. The maximum absolute atomic E-state index is 12.1. The average Bonchev–Trinajstić information content (AvgIpc) is 2.77. The van der Waals surface area contributed by atoms with Gasteiger partial charge in [0.1, 0.15) is 0 Å². The van der Waals surface area contributed by atoms with Crippen LogP contribution in [0.1, 0.15) is 38.5 Å². The number of unbranched alkanes of at least 4 members (excludes halogenated alkanes) is 1. The highest BCUT2D eigenvalue weighted by atomic mass is 32.1. The third kappa shape index (κ3) is 2.15. The van der Waals surface area contributed by atoms with Crippen LogP contribution in [0.25, 0.3) is 0 Å². The Labute approximate surface area is 114 Å². The molecule has 3 aliphatic rings. The topological polar surface area (TPSA) is 55.1 Å². The third-order valence-electron chi connectivity index (χ3n) is 5.19. The molecule has 0 aromatic carbocycles. The van der Waals surface area contributed by atoms with Gasteiger partial charge in [0.25, 0.3) is 0 Å². The molecule has 4 atom stereocenters. The van der Waals surface area contributed by atoms with E-state index in [1.165, 1.54) is 19.3 Å². The van der Waals surface area contributed by atoms with Crippen molar-refractivity contribution in [3.8, 4) is 0 Å². The molecule has 1 amide bonds. The smallest absolute Gasteiger partial charge is 0.223 e. The molecule has 4 heteroatoms. The van der Waals surface area contributed by atoms with Gasteiger partial charge in [-0.15, -0.1) is 0 Å². The molecule has 3 nitrogen and oxygen atoms in total. The summed E-state index contributed by atoms with van der Waals surface area (Å²) in [6, 6.07) is 0. The van der Waals surface area contributed by atoms with E-state index in [0.29, 0.717) is 16.8 Å². The summed E-state index contributed by atoms with van der Waals surface area (Å²) < 4.78 is 0. The van der Waals surface area contributed by atoms with E-state index in [4.69, 9.17) is 18.0 Å². The molecule has 100 valence electrons. The van der Waals surface area contributed by atoms with Crippen molar-refractivity contribution in [1.29, 1.82) is 0 Å². The predicted octanol–water partition coefficient (Wildman–Crippen LogP) is 1.85. The van der Waals surface area contributed by atoms with E-state index in [1.807, 2.05) is 0 Å². The van der Waals surface area contributed by atoms with E-state index in [-0.39, 0.29) is 0 Å². The molecule has 3 N–H and O–H groups in total. The van der Waals surface area contributed by atoms with Gasteiger partial charge in [-0.1, -0.05) is 12.2 Å². The zero-order valence-corrected chi connectivity index (χ0v) is 11.5. The number of amides is 1. The standard InChI is InChI=1S/C14H22N2OS/c15-10(18)3-1-2-6-16-14(17)13-11-8-4-5-9(7-8)12(11)13/h8-9,11-13H,1-7H2,(H2,15,18)(H,16,17). The van der Waals surface area contributed by atoms with Crippen molar-refractivity contribution in [1.82, 2.24) is 5.32 Å². The lowest BCUT2D eigenvalue weighted by molar-refractivity contribution is -0.123. The van der Waals surface area contributed by atoms with Crippen LogP contribution in [0.15, 0.2) is 0 Å². The Hall–Kier alpha value is -0.640. The minimum absolute atomic E-state index is 0.317. The second-order valence-corrected chi connectivity index (χ2v) is 6.75. The zero-order chi connectivity index (χ0) is 12.7. The number of carbonyl (C=O) groups is 1. The van der Waals surface area contributed by atoms with Gasteiger partial charge >= 0.3 is 0 Å².